The highest BCUT2D eigenvalue weighted by Gasteiger charge is 2.23. The molecule has 1 aromatic rings. The smallest absolute Gasteiger partial charge is 0.226 e. The monoisotopic (exact) mass is 391 g/mol. The summed E-state index contributed by atoms with van der Waals surface area (Å²) >= 11 is 0. The molecule has 6 nitrogen and oxygen atoms in total. The summed E-state index contributed by atoms with van der Waals surface area (Å²) < 4.78 is 10.5. The highest BCUT2D eigenvalue weighted by molar-refractivity contribution is 5.92. The Bertz CT molecular complexity index is 627. The summed E-state index contributed by atoms with van der Waals surface area (Å²) in [7, 11) is 3.19. The minimum absolute atomic E-state index is 0.0316. The summed E-state index contributed by atoms with van der Waals surface area (Å²) in [6.45, 7) is 12.3. The quantitative estimate of drug-likeness (QED) is 0.676. The Hall–Kier alpha value is -1.79. The number of piperidine rings is 1. The van der Waals surface area contributed by atoms with Gasteiger partial charge in [0.1, 0.15) is 11.5 Å². The maximum Gasteiger partial charge on any atom is 0.226 e. The van der Waals surface area contributed by atoms with E-state index in [1.165, 1.54) is 19.5 Å². The molecule has 4 unspecified atom stereocenters. The fourth-order valence-electron chi connectivity index (χ4n) is 4.31. The highest BCUT2D eigenvalue weighted by Crippen LogP contribution is 2.29. The van der Waals surface area contributed by atoms with Gasteiger partial charge in [0, 0.05) is 44.2 Å². The van der Waals surface area contributed by atoms with E-state index in [9.17, 15) is 4.79 Å². The van der Waals surface area contributed by atoms with Crippen LogP contribution in [0.5, 0.6) is 11.5 Å². The van der Waals surface area contributed by atoms with Gasteiger partial charge >= 0.3 is 0 Å². The van der Waals surface area contributed by atoms with E-state index >= 15 is 0 Å². The number of ether oxygens (including phenoxy) is 2. The summed E-state index contributed by atoms with van der Waals surface area (Å²) in [5, 5.41) is 6.51. The number of hydrogen-bond acceptors (Lipinski definition) is 5. The fourth-order valence-corrected chi connectivity index (χ4v) is 4.31. The largest absolute Gasteiger partial charge is 0.497 e. The minimum Gasteiger partial charge on any atom is -0.497 e. The predicted octanol–water partition coefficient (Wildman–Crippen LogP) is 3.38. The Morgan fingerprint density at radius 1 is 1.14 bits per heavy atom. The number of likely N-dealkylation sites (tertiary alicyclic amines) is 1. The van der Waals surface area contributed by atoms with Crippen LogP contribution in [0.4, 0.5) is 5.69 Å². The lowest BCUT2D eigenvalue weighted by atomic mass is 9.91. The molecule has 1 aliphatic heterocycles. The van der Waals surface area contributed by atoms with Crippen LogP contribution in [0.3, 0.4) is 0 Å². The molecule has 28 heavy (non-hydrogen) atoms. The second-order valence-corrected chi connectivity index (χ2v) is 8.45. The molecular formula is C22H37N3O3. The van der Waals surface area contributed by atoms with Crippen LogP contribution >= 0.6 is 0 Å². The van der Waals surface area contributed by atoms with E-state index in [2.05, 4.69) is 43.2 Å². The van der Waals surface area contributed by atoms with Crippen LogP contribution in [0.15, 0.2) is 18.2 Å². The van der Waals surface area contributed by atoms with E-state index in [1.54, 1.807) is 26.4 Å². The SMILES string of the molecule is COc1ccc(NC(=O)CC(C)NC(C)CN2CC(C)CC(C)C2)c(OC)c1. The summed E-state index contributed by atoms with van der Waals surface area (Å²) in [6.07, 6.45) is 1.73. The first-order valence-electron chi connectivity index (χ1n) is 10.3. The van der Waals surface area contributed by atoms with Crippen LogP contribution in [-0.4, -0.2) is 56.7 Å². The van der Waals surface area contributed by atoms with Gasteiger partial charge in [0.2, 0.25) is 5.91 Å². The normalized spacial score (nSPS) is 22.4. The maximum absolute atomic E-state index is 12.5. The number of methoxy groups -OCH3 is 2. The lowest BCUT2D eigenvalue weighted by molar-refractivity contribution is -0.116. The minimum atomic E-state index is -0.0316. The Morgan fingerprint density at radius 3 is 2.43 bits per heavy atom. The molecule has 1 aromatic carbocycles. The van der Waals surface area contributed by atoms with Crippen molar-refractivity contribution >= 4 is 11.6 Å². The van der Waals surface area contributed by atoms with Gasteiger partial charge in [-0.3, -0.25) is 4.79 Å². The van der Waals surface area contributed by atoms with Gasteiger partial charge in [0.05, 0.1) is 19.9 Å². The molecule has 2 rings (SSSR count). The molecule has 4 atom stereocenters. The van der Waals surface area contributed by atoms with E-state index in [4.69, 9.17) is 9.47 Å². The summed E-state index contributed by atoms with van der Waals surface area (Å²) in [5.74, 6) is 2.78. The van der Waals surface area contributed by atoms with Gasteiger partial charge in [-0.25, -0.2) is 0 Å². The first-order valence-corrected chi connectivity index (χ1v) is 10.3. The molecule has 0 bridgehead atoms. The highest BCUT2D eigenvalue weighted by atomic mass is 16.5. The number of carbonyl (C=O) groups is 1. The number of anilines is 1. The zero-order valence-corrected chi connectivity index (χ0v) is 18.2. The van der Waals surface area contributed by atoms with Crippen LogP contribution < -0.4 is 20.1 Å². The van der Waals surface area contributed by atoms with Gasteiger partial charge in [-0.15, -0.1) is 0 Å². The molecule has 0 aliphatic carbocycles. The van der Waals surface area contributed by atoms with Crippen LogP contribution in [0.1, 0.15) is 40.5 Å². The van der Waals surface area contributed by atoms with Gasteiger partial charge in [0.25, 0.3) is 0 Å². The second-order valence-electron chi connectivity index (χ2n) is 8.45. The van der Waals surface area contributed by atoms with Gasteiger partial charge < -0.3 is 25.0 Å². The Labute approximate surface area is 170 Å². The second kappa shape index (κ2) is 10.7. The molecule has 1 amide bonds. The third-order valence-corrected chi connectivity index (χ3v) is 5.22. The molecule has 1 fully saturated rings. The summed E-state index contributed by atoms with van der Waals surface area (Å²) in [5.41, 5.74) is 0.657. The summed E-state index contributed by atoms with van der Waals surface area (Å²) in [6, 6.07) is 5.81. The van der Waals surface area contributed by atoms with Crippen LogP contribution in [-0.2, 0) is 4.79 Å². The number of hydrogen-bond donors (Lipinski definition) is 2. The molecular weight excluding hydrogens is 354 g/mol. The Morgan fingerprint density at radius 2 is 1.82 bits per heavy atom. The van der Waals surface area contributed by atoms with Crippen LogP contribution in [0.25, 0.3) is 0 Å². The van der Waals surface area contributed by atoms with Gasteiger partial charge in [-0.05, 0) is 44.2 Å². The standard InChI is InChI=1S/C22H37N3O3/c1-15-9-16(2)13-25(12-15)14-18(4)23-17(3)10-22(26)24-20-8-7-19(27-5)11-21(20)28-6/h7-8,11,15-18,23H,9-10,12-14H2,1-6H3,(H,24,26). The van der Waals surface area contributed by atoms with Crippen molar-refractivity contribution < 1.29 is 14.3 Å². The van der Waals surface area contributed by atoms with E-state index < -0.39 is 0 Å². The van der Waals surface area contributed by atoms with Crippen molar-refractivity contribution in [2.24, 2.45) is 11.8 Å². The van der Waals surface area contributed by atoms with Crippen LogP contribution in [0.2, 0.25) is 0 Å². The molecule has 0 saturated carbocycles. The maximum atomic E-state index is 12.5. The van der Waals surface area contributed by atoms with Crippen molar-refractivity contribution in [3.05, 3.63) is 18.2 Å². The van der Waals surface area contributed by atoms with Crippen molar-refractivity contribution in [1.29, 1.82) is 0 Å². The van der Waals surface area contributed by atoms with Gasteiger partial charge in [-0.1, -0.05) is 13.8 Å². The first kappa shape index (κ1) is 22.5. The Balaban J connectivity index is 1.80. The number of nitrogens with one attached hydrogen (secondary N) is 2. The number of carbonyl (C=O) groups excluding carboxylic acids is 1. The molecule has 2 N–H and O–H groups in total. The number of benzene rings is 1. The molecule has 0 radical (unpaired) electrons. The molecule has 0 aromatic heterocycles. The molecule has 0 spiro atoms. The third kappa shape index (κ3) is 6.99. The average molecular weight is 392 g/mol. The molecule has 1 heterocycles. The average Bonchev–Trinajstić information content (AvgIpc) is 2.60. The summed E-state index contributed by atoms with van der Waals surface area (Å²) in [4.78, 5) is 15.0. The van der Waals surface area contributed by atoms with Crippen molar-refractivity contribution in [2.45, 2.75) is 52.6 Å². The molecule has 1 aliphatic rings. The zero-order chi connectivity index (χ0) is 20.7. The number of rotatable bonds is 9. The third-order valence-electron chi connectivity index (χ3n) is 5.22. The zero-order valence-electron chi connectivity index (χ0n) is 18.2. The lowest BCUT2D eigenvalue weighted by Gasteiger charge is -2.37. The number of amides is 1. The lowest BCUT2D eigenvalue weighted by Crippen LogP contribution is -2.48. The van der Waals surface area contributed by atoms with Crippen molar-refractivity contribution in [3.63, 3.8) is 0 Å². The fraction of sp³-hybridized carbons (Fsp3) is 0.682. The molecule has 158 valence electrons. The van der Waals surface area contributed by atoms with E-state index in [0.29, 0.717) is 29.6 Å². The first-order chi connectivity index (χ1) is 13.3. The van der Waals surface area contributed by atoms with Crippen molar-refractivity contribution in [2.75, 3.05) is 39.2 Å². The van der Waals surface area contributed by atoms with Crippen LogP contribution in [0, 0.1) is 11.8 Å². The molecule has 6 heteroatoms. The topological polar surface area (TPSA) is 62.8 Å². The number of nitrogens with zero attached hydrogens (tertiary/aromatic N) is 1. The Kier molecular flexibility index (Phi) is 8.58. The van der Waals surface area contributed by atoms with Crippen molar-refractivity contribution in [3.8, 4) is 11.5 Å². The predicted molar refractivity (Wildman–Crippen MR) is 114 cm³/mol. The van der Waals surface area contributed by atoms with Gasteiger partial charge in [-0.2, -0.15) is 0 Å². The van der Waals surface area contributed by atoms with E-state index in [0.717, 1.165) is 18.4 Å². The van der Waals surface area contributed by atoms with E-state index in [1.807, 2.05) is 6.07 Å². The van der Waals surface area contributed by atoms with Crippen molar-refractivity contribution in [1.82, 2.24) is 10.2 Å². The van der Waals surface area contributed by atoms with E-state index in [-0.39, 0.29) is 11.9 Å². The van der Waals surface area contributed by atoms with Gasteiger partial charge in [0.15, 0.2) is 0 Å². The molecule has 1 saturated heterocycles.